The zero-order chi connectivity index (χ0) is 14.0. The van der Waals surface area contributed by atoms with Gasteiger partial charge in [-0.25, -0.2) is 8.78 Å². The summed E-state index contributed by atoms with van der Waals surface area (Å²) in [6, 6.07) is 8.17. The number of ether oxygens (including phenoxy) is 1. The Kier molecular flexibility index (Phi) is 3.67. The van der Waals surface area contributed by atoms with E-state index in [1.165, 1.54) is 18.2 Å². The van der Waals surface area contributed by atoms with E-state index in [2.05, 4.69) is 15.9 Å². The van der Waals surface area contributed by atoms with E-state index in [4.69, 9.17) is 15.7 Å². The minimum absolute atomic E-state index is 0.266. The maximum absolute atomic E-state index is 13.6. The second-order valence-corrected chi connectivity index (χ2v) is 4.52. The summed E-state index contributed by atoms with van der Waals surface area (Å²) in [5.74, 6) is -1.55. The molecule has 0 atom stereocenters. The zero-order valence-electron chi connectivity index (χ0n) is 9.45. The van der Waals surface area contributed by atoms with Crippen molar-refractivity contribution in [1.82, 2.24) is 0 Å². The molecule has 96 valence electrons. The third kappa shape index (κ3) is 2.83. The van der Waals surface area contributed by atoms with Crippen molar-refractivity contribution in [1.29, 1.82) is 5.26 Å². The van der Waals surface area contributed by atoms with Crippen LogP contribution in [-0.2, 0) is 0 Å². The first-order valence-electron chi connectivity index (χ1n) is 5.13. The van der Waals surface area contributed by atoms with Crippen molar-refractivity contribution in [2.75, 3.05) is 5.73 Å². The van der Waals surface area contributed by atoms with E-state index in [0.29, 0.717) is 10.0 Å². The molecular formula is C13H7BrF2N2O. The summed E-state index contributed by atoms with van der Waals surface area (Å²) in [5.41, 5.74) is 5.37. The van der Waals surface area contributed by atoms with Crippen LogP contribution in [-0.4, -0.2) is 0 Å². The van der Waals surface area contributed by atoms with E-state index in [9.17, 15) is 8.78 Å². The lowest BCUT2D eigenvalue weighted by molar-refractivity contribution is 0.435. The number of benzene rings is 2. The Balaban J connectivity index is 2.37. The lowest BCUT2D eigenvalue weighted by Gasteiger charge is -2.09. The second-order valence-electron chi connectivity index (χ2n) is 3.66. The van der Waals surface area contributed by atoms with Gasteiger partial charge in [-0.05, 0) is 34.1 Å². The standard InChI is InChI=1S/C13H7BrF2N2O/c14-8-3-7(6-17)1-2-12(8)19-13-5-9(15)11(18)4-10(13)16/h1-5H,18H2. The molecule has 0 bridgehead atoms. The third-order valence-electron chi connectivity index (χ3n) is 2.33. The van der Waals surface area contributed by atoms with Gasteiger partial charge in [-0.15, -0.1) is 0 Å². The van der Waals surface area contributed by atoms with E-state index in [1.807, 2.05) is 6.07 Å². The average molecular weight is 325 g/mol. The predicted molar refractivity (Wildman–Crippen MR) is 69.7 cm³/mol. The smallest absolute Gasteiger partial charge is 0.167 e. The summed E-state index contributed by atoms with van der Waals surface area (Å²) in [7, 11) is 0. The molecule has 2 N–H and O–H groups in total. The molecule has 2 rings (SSSR count). The number of hydrogen-bond donors (Lipinski definition) is 1. The molecule has 0 saturated carbocycles. The van der Waals surface area contributed by atoms with Crippen LogP contribution in [0.5, 0.6) is 11.5 Å². The van der Waals surface area contributed by atoms with Crippen molar-refractivity contribution < 1.29 is 13.5 Å². The molecule has 0 fully saturated rings. The van der Waals surface area contributed by atoms with Gasteiger partial charge in [0.05, 0.1) is 21.8 Å². The molecule has 2 aromatic carbocycles. The Morgan fingerprint density at radius 2 is 1.84 bits per heavy atom. The van der Waals surface area contributed by atoms with Crippen molar-refractivity contribution in [2.45, 2.75) is 0 Å². The molecule has 0 aromatic heterocycles. The number of halogens is 3. The number of rotatable bonds is 2. The van der Waals surface area contributed by atoms with Crippen LogP contribution < -0.4 is 10.5 Å². The Morgan fingerprint density at radius 3 is 2.47 bits per heavy atom. The van der Waals surface area contributed by atoms with E-state index in [0.717, 1.165) is 12.1 Å². The van der Waals surface area contributed by atoms with Gasteiger partial charge in [-0.3, -0.25) is 0 Å². The molecule has 0 radical (unpaired) electrons. The fourth-order valence-electron chi connectivity index (χ4n) is 1.39. The fourth-order valence-corrected chi connectivity index (χ4v) is 1.85. The monoisotopic (exact) mass is 324 g/mol. The number of nitrogens with two attached hydrogens (primary N) is 1. The van der Waals surface area contributed by atoms with Crippen LogP contribution in [0, 0.1) is 23.0 Å². The van der Waals surface area contributed by atoms with Crippen molar-refractivity contribution >= 4 is 21.6 Å². The molecule has 0 aliphatic rings. The third-order valence-corrected chi connectivity index (χ3v) is 2.95. The summed E-state index contributed by atoms with van der Waals surface area (Å²) in [4.78, 5) is 0. The van der Waals surface area contributed by atoms with Crippen molar-refractivity contribution in [3.05, 3.63) is 52.0 Å². The van der Waals surface area contributed by atoms with Gasteiger partial charge in [-0.2, -0.15) is 5.26 Å². The van der Waals surface area contributed by atoms with E-state index >= 15 is 0 Å². The molecule has 0 aliphatic carbocycles. The maximum atomic E-state index is 13.6. The molecular weight excluding hydrogens is 318 g/mol. The lowest BCUT2D eigenvalue weighted by Crippen LogP contribution is -1.96. The highest BCUT2D eigenvalue weighted by Crippen LogP contribution is 2.33. The first-order chi connectivity index (χ1) is 9.01. The normalized spacial score (nSPS) is 10.0. The summed E-state index contributed by atoms with van der Waals surface area (Å²) < 4.78 is 32.5. The molecule has 19 heavy (non-hydrogen) atoms. The Bertz CT molecular complexity index is 683. The largest absolute Gasteiger partial charge is 0.453 e. The Labute approximate surface area is 116 Å². The van der Waals surface area contributed by atoms with Gasteiger partial charge in [0.25, 0.3) is 0 Å². The molecule has 0 aliphatic heterocycles. The van der Waals surface area contributed by atoms with Gasteiger partial charge < -0.3 is 10.5 Å². The van der Waals surface area contributed by atoms with Gasteiger partial charge in [0.15, 0.2) is 11.6 Å². The molecule has 0 unspecified atom stereocenters. The van der Waals surface area contributed by atoms with Crippen LogP contribution in [0.1, 0.15) is 5.56 Å². The first kappa shape index (κ1) is 13.3. The molecule has 2 aromatic rings. The highest BCUT2D eigenvalue weighted by Gasteiger charge is 2.12. The maximum Gasteiger partial charge on any atom is 0.167 e. The van der Waals surface area contributed by atoms with Gasteiger partial charge in [0.2, 0.25) is 0 Å². The van der Waals surface area contributed by atoms with Crippen LogP contribution in [0.25, 0.3) is 0 Å². The SMILES string of the molecule is N#Cc1ccc(Oc2cc(F)c(N)cc2F)c(Br)c1. The van der Waals surface area contributed by atoms with E-state index in [-0.39, 0.29) is 17.2 Å². The molecule has 0 saturated heterocycles. The summed E-state index contributed by atoms with van der Waals surface area (Å²) >= 11 is 3.19. The number of hydrogen-bond acceptors (Lipinski definition) is 3. The lowest BCUT2D eigenvalue weighted by atomic mass is 10.2. The van der Waals surface area contributed by atoms with E-state index < -0.39 is 11.6 Å². The topological polar surface area (TPSA) is 59.0 Å². The van der Waals surface area contributed by atoms with Crippen LogP contribution in [0.15, 0.2) is 34.8 Å². The number of nitrogen functional groups attached to an aromatic ring is 1. The number of nitriles is 1. The first-order valence-corrected chi connectivity index (χ1v) is 5.92. The predicted octanol–water partition coefficient (Wildman–Crippen LogP) is 3.97. The quantitative estimate of drug-likeness (QED) is 0.850. The number of anilines is 1. The van der Waals surface area contributed by atoms with Gasteiger partial charge >= 0.3 is 0 Å². The van der Waals surface area contributed by atoms with Crippen molar-refractivity contribution in [2.24, 2.45) is 0 Å². The van der Waals surface area contributed by atoms with Crippen LogP contribution in [0.3, 0.4) is 0 Å². The fraction of sp³-hybridized carbons (Fsp3) is 0. The Morgan fingerprint density at radius 1 is 1.11 bits per heavy atom. The van der Waals surface area contributed by atoms with E-state index in [1.54, 1.807) is 0 Å². The zero-order valence-corrected chi connectivity index (χ0v) is 11.0. The minimum atomic E-state index is -0.768. The Hall–Kier alpha value is -2.13. The van der Waals surface area contributed by atoms with Gasteiger partial charge in [-0.1, -0.05) is 0 Å². The average Bonchev–Trinajstić information content (AvgIpc) is 2.38. The minimum Gasteiger partial charge on any atom is -0.453 e. The summed E-state index contributed by atoms with van der Waals surface area (Å²) in [6.45, 7) is 0. The van der Waals surface area contributed by atoms with Crippen LogP contribution in [0.2, 0.25) is 0 Å². The van der Waals surface area contributed by atoms with Crippen LogP contribution >= 0.6 is 15.9 Å². The van der Waals surface area contributed by atoms with Crippen LogP contribution in [0.4, 0.5) is 14.5 Å². The molecule has 6 heteroatoms. The molecule has 3 nitrogen and oxygen atoms in total. The highest BCUT2D eigenvalue weighted by molar-refractivity contribution is 9.10. The van der Waals surface area contributed by atoms with Gasteiger partial charge in [0, 0.05) is 12.1 Å². The number of nitrogens with zero attached hydrogens (tertiary/aromatic N) is 1. The second kappa shape index (κ2) is 5.24. The molecule has 0 heterocycles. The summed E-state index contributed by atoms with van der Waals surface area (Å²) in [5, 5.41) is 8.72. The highest BCUT2D eigenvalue weighted by atomic mass is 79.9. The molecule has 0 amide bonds. The van der Waals surface area contributed by atoms with Crippen molar-refractivity contribution in [3.8, 4) is 17.6 Å². The van der Waals surface area contributed by atoms with Gasteiger partial charge in [0.1, 0.15) is 11.6 Å². The van der Waals surface area contributed by atoms with Crippen molar-refractivity contribution in [3.63, 3.8) is 0 Å². The molecule has 0 spiro atoms. The summed E-state index contributed by atoms with van der Waals surface area (Å²) in [6.07, 6.45) is 0.